The van der Waals surface area contributed by atoms with Crippen LogP contribution in [0.2, 0.25) is 0 Å². The van der Waals surface area contributed by atoms with Gasteiger partial charge in [0.2, 0.25) is 0 Å². The van der Waals surface area contributed by atoms with Crippen molar-refractivity contribution >= 4 is 0 Å². The first-order valence-corrected chi connectivity index (χ1v) is 5.75. The van der Waals surface area contributed by atoms with E-state index < -0.39 is 0 Å². The molecule has 0 amide bonds. The first-order chi connectivity index (χ1) is 6.79. The number of hydrogen-bond acceptors (Lipinski definition) is 3. The van der Waals surface area contributed by atoms with Crippen LogP contribution in [-0.4, -0.2) is 38.0 Å². The topological polar surface area (TPSA) is 30.5 Å². The van der Waals surface area contributed by atoms with E-state index in [9.17, 15) is 0 Å². The average molecular weight is 199 g/mol. The van der Waals surface area contributed by atoms with Crippen molar-refractivity contribution < 1.29 is 9.47 Å². The Balaban J connectivity index is 1.81. The van der Waals surface area contributed by atoms with Crippen LogP contribution in [0.5, 0.6) is 0 Å². The summed E-state index contributed by atoms with van der Waals surface area (Å²) in [5.74, 6) is 0. The molecule has 2 saturated heterocycles. The van der Waals surface area contributed by atoms with E-state index >= 15 is 0 Å². The fourth-order valence-corrected chi connectivity index (χ4v) is 2.28. The highest BCUT2D eigenvalue weighted by Crippen LogP contribution is 2.26. The SMILES string of the molecule is CC1(OC2CCCOC2)CCNCC1. The van der Waals surface area contributed by atoms with E-state index in [0.29, 0.717) is 6.10 Å². The van der Waals surface area contributed by atoms with Crippen molar-refractivity contribution in [1.29, 1.82) is 0 Å². The summed E-state index contributed by atoms with van der Waals surface area (Å²) in [6, 6.07) is 0. The molecule has 0 aromatic carbocycles. The Hall–Kier alpha value is -0.120. The van der Waals surface area contributed by atoms with Crippen LogP contribution in [0, 0.1) is 0 Å². The van der Waals surface area contributed by atoms with Crippen molar-refractivity contribution in [2.24, 2.45) is 0 Å². The fraction of sp³-hybridized carbons (Fsp3) is 1.00. The van der Waals surface area contributed by atoms with Gasteiger partial charge in [-0.1, -0.05) is 0 Å². The monoisotopic (exact) mass is 199 g/mol. The van der Waals surface area contributed by atoms with E-state index in [1.54, 1.807) is 0 Å². The zero-order valence-electron chi connectivity index (χ0n) is 9.05. The first-order valence-electron chi connectivity index (χ1n) is 5.75. The maximum atomic E-state index is 6.15. The number of piperidine rings is 1. The van der Waals surface area contributed by atoms with Gasteiger partial charge in [-0.15, -0.1) is 0 Å². The molecule has 14 heavy (non-hydrogen) atoms. The van der Waals surface area contributed by atoms with Crippen LogP contribution in [0.1, 0.15) is 32.6 Å². The molecular weight excluding hydrogens is 178 g/mol. The highest BCUT2D eigenvalue weighted by molar-refractivity contribution is 4.83. The summed E-state index contributed by atoms with van der Waals surface area (Å²) < 4.78 is 11.6. The minimum Gasteiger partial charge on any atom is -0.379 e. The molecule has 0 saturated carbocycles. The molecule has 2 heterocycles. The largest absolute Gasteiger partial charge is 0.379 e. The highest BCUT2D eigenvalue weighted by Gasteiger charge is 2.31. The molecular formula is C11H21NO2. The third-order valence-corrected chi connectivity index (χ3v) is 3.23. The van der Waals surface area contributed by atoms with Crippen molar-refractivity contribution in [3.8, 4) is 0 Å². The molecule has 0 aliphatic carbocycles. The predicted molar refractivity (Wildman–Crippen MR) is 55.4 cm³/mol. The van der Waals surface area contributed by atoms with Crippen LogP contribution in [0.25, 0.3) is 0 Å². The zero-order valence-corrected chi connectivity index (χ0v) is 9.05. The Bertz CT molecular complexity index is 172. The summed E-state index contributed by atoms with van der Waals surface area (Å²) in [5, 5.41) is 3.37. The Morgan fingerprint density at radius 1 is 1.36 bits per heavy atom. The Labute approximate surface area is 86.2 Å². The second kappa shape index (κ2) is 4.60. The predicted octanol–water partition coefficient (Wildman–Crippen LogP) is 1.32. The minimum absolute atomic E-state index is 0.0939. The molecule has 3 nitrogen and oxygen atoms in total. The van der Waals surface area contributed by atoms with Crippen molar-refractivity contribution in [1.82, 2.24) is 5.32 Å². The van der Waals surface area contributed by atoms with Gasteiger partial charge >= 0.3 is 0 Å². The van der Waals surface area contributed by atoms with Gasteiger partial charge in [-0.3, -0.25) is 0 Å². The summed E-state index contributed by atoms with van der Waals surface area (Å²) in [6.45, 7) is 6.12. The van der Waals surface area contributed by atoms with Crippen molar-refractivity contribution in [2.45, 2.75) is 44.3 Å². The number of hydrogen-bond donors (Lipinski definition) is 1. The average Bonchev–Trinajstić information content (AvgIpc) is 2.19. The van der Waals surface area contributed by atoms with Gasteiger partial charge < -0.3 is 14.8 Å². The summed E-state index contributed by atoms with van der Waals surface area (Å²) in [7, 11) is 0. The van der Waals surface area contributed by atoms with Crippen LogP contribution in [-0.2, 0) is 9.47 Å². The summed E-state index contributed by atoms with van der Waals surface area (Å²) in [4.78, 5) is 0. The molecule has 2 fully saturated rings. The maximum Gasteiger partial charge on any atom is 0.0816 e. The molecule has 1 N–H and O–H groups in total. The van der Waals surface area contributed by atoms with Gasteiger partial charge in [0.25, 0.3) is 0 Å². The third kappa shape index (κ3) is 2.69. The van der Waals surface area contributed by atoms with Gasteiger partial charge in [0.05, 0.1) is 18.3 Å². The van der Waals surface area contributed by atoms with Gasteiger partial charge in [0.15, 0.2) is 0 Å². The first kappa shape index (κ1) is 10.4. The number of rotatable bonds is 2. The van der Waals surface area contributed by atoms with E-state index in [-0.39, 0.29) is 5.60 Å². The molecule has 0 aromatic heterocycles. The molecule has 0 bridgehead atoms. The molecule has 1 atom stereocenters. The second-order valence-electron chi connectivity index (χ2n) is 4.66. The van der Waals surface area contributed by atoms with E-state index in [0.717, 1.165) is 45.6 Å². The molecule has 0 spiro atoms. The van der Waals surface area contributed by atoms with E-state index in [1.165, 1.54) is 6.42 Å². The maximum absolute atomic E-state index is 6.15. The summed E-state index contributed by atoms with van der Waals surface area (Å²) >= 11 is 0. The van der Waals surface area contributed by atoms with Gasteiger partial charge in [-0.05, 0) is 45.7 Å². The van der Waals surface area contributed by atoms with Crippen LogP contribution in [0.4, 0.5) is 0 Å². The van der Waals surface area contributed by atoms with Gasteiger partial charge in [0.1, 0.15) is 0 Å². The smallest absolute Gasteiger partial charge is 0.0816 e. The van der Waals surface area contributed by atoms with Crippen molar-refractivity contribution in [3.05, 3.63) is 0 Å². The lowest BCUT2D eigenvalue weighted by Gasteiger charge is -2.38. The molecule has 2 aliphatic rings. The molecule has 0 radical (unpaired) electrons. The van der Waals surface area contributed by atoms with Crippen LogP contribution < -0.4 is 5.32 Å². The Morgan fingerprint density at radius 2 is 2.14 bits per heavy atom. The lowest BCUT2D eigenvalue weighted by atomic mass is 9.94. The quantitative estimate of drug-likeness (QED) is 0.727. The second-order valence-corrected chi connectivity index (χ2v) is 4.66. The Morgan fingerprint density at radius 3 is 2.79 bits per heavy atom. The molecule has 82 valence electrons. The molecule has 2 aliphatic heterocycles. The van der Waals surface area contributed by atoms with Gasteiger partial charge in [-0.2, -0.15) is 0 Å². The van der Waals surface area contributed by atoms with Crippen LogP contribution in [0.3, 0.4) is 0 Å². The summed E-state index contributed by atoms with van der Waals surface area (Å²) in [5.41, 5.74) is 0.0939. The van der Waals surface area contributed by atoms with Crippen LogP contribution >= 0.6 is 0 Å². The van der Waals surface area contributed by atoms with Gasteiger partial charge in [0, 0.05) is 6.61 Å². The molecule has 3 heteroatoms. The van der Waals surface area contributed by atoms with Crippen molar-refractivity contribution in [3.63, 3.8) is 0 Å². The fourth-order valence-electron chi connectivity index (χ4n) is 2.28. The summed E-state index contributed by atoms with van der Waals surface area (Å²) in [6.07, 6.45) is 4.92. The van der Waals surface area contributed by atoms with Gasteiger partial charge in [-0.25, -0.2) is 0 Å². The minimum atomic E-state index is 0.0939. The molecule has 1 unspecified atom stereocenters. The van der Waals surface area contributed by atoms with Crippen LogP contribution in [0.15, 0.2) is 0 Å². The van der Waals surface area contributed by atoms with Crippen molar-refractivity contribution in [2.75, 3.05) is 26.3 Å². The van der Waals surface area contributed by atoms with E-state index in [1.807, 2.05) is 0 Å². The third-order valence-electron chi connectivity index (χ3n) is 3.23. The molecule has 0 aromatic rings. The van der Waals surface area contributed by atoms with E-state index in [2.05, 4.69) is 12.2 Å². The van der Waals surface area contributed by atoms with E-state index in [4.69, 9.17) is 9.47 Å². The lowest BCUT2D eigenvalue weighted by molar-refractivity contribution is -0.139. The molecule has 2 rings (SSSR count). The number of ether oxygens (including phenoxy) is 2. The normalized spacial score (nSPS) is 32.8. The zero-order chi connectivity index (χ0) is 9.86. The highest BCUT2D eigenvalue weighted by atomic mass is 16.5. The number of nitrogens with one attached hydrogen (secondary N) is 1. The Kier molecular flexibility index (Phi) is 3.42. The lowest BCUT2D eigenvalue weighted by Crippen LogP contribution is -2.45. The standard InChI is InChI=1S/C11H21NO2/c1-11(4-6-12-7-5-11)14-10-3-2-8-13-9-10/h10,12H,2-9H2,1H3.